The van der Waals surface area contributed by atoms with Crippen LogP contribution in [0.25, 0.3) is 17.2 Å². The fourth-order valence-corrected chi connectivity index (χ4v) is 2.83. The van der Waals surface area contributed by atoms with Crippen LogP contribution in [0.5, 0.6) is 0 Å². The third-order valence-corrected chi connectivity index (χ3v) is 3.70. The molecule has 1 aliphatic carbocycles. The lowest BCUT2D eigenvalue weighted by molar-refractivity contribution is 1.23. The monoisotopic (exact) mass is 220 g/mol. The highest BCUT2D eigenvalue weighted by Gasteiger charge is 2.20. The van der Waals surface area contributed by atoms with Gasteiger partial charge in [0.05, 0.1) is 0 Å². The van der Waals surface area contributed by atoms with Gasteiger partial charge in [-0.15, -0.1) is 0 Å². The van der Waals surface area contributed by atoms with Crippen molar-refractivity contribution < 1.29 is 0 Å². The van der Waals surface area contributed by atoms with E-state index in [-0.39, 0.29) is 0 Å². The van der Waals surface area contributed by atoms with Gasteiger partial charge in [-0.1, -0.05) is 48.6 Å². The van der Waals surface area contributed by atoms with E-state index in [2.05, 4.69) is 50.8 Å². The molecular formula is C17H16. The van der Waals surface area contributed by atoms with E-state index in [4.69, 9.17) is 0 Å². The zero-order valence-corrected chi connectivity index (χ0v) is 10.4. The van der Waals surface area contributed by atoms with Crippen LogP contribution in [0.1, 0.15) is 27.8 Å². The molecule has 0 aromatic heterocycles. The maximum Gasteiger partial charge on any atom is -0.000731 e. The average Bonchev–Trinajstić information content (AvgIpc) is 2.66. The zero-order chi connectivity index (χ0) is 12.0. The van der Waals surface area contributed by atoms with Crippen molar-refractivity contribution in [1.29, 1.82) is 0 Å². The lowest BCUT2D eigenvalue weighted by Gasteiger charge is -2.07. The highest BCUT2D eigenvalue weighted by Crippen LogP contribution is 2.39. The van der Waals surface area contributed by atoms with E-state index in [1.165, 1.54) is 38.9 Å². The van der Waals surface area contributed by atoms with E-state index < -0.39 is 0 Å². The maximum atomic E-state index is 3.95. The molecule has 3 rings (SSSR count). The predicted molar refractivity (Wildman–Crippen MR) is 74.2 cm³/mol. The molecule has 0 radical (unpaired) electrons. The normalized spacial score (nSPS) is 12.1. The summed E-state index contributed by atoms with van der Waals surface area (Å²) < 4.78 is 0. The second kappa shape index (κ2) is 3.59. The number of benzene rings is 2. The van der Waals surface area contributed by atoms with Crippen LogP contribution >= 0.6 is 0 Å². The van der Waals surface area contributed by atoms with Gasteiger partial charge < -0.3 is 0 Å². The summed E-state index contributed by atoms with van der Waals surface area (Å²) >= 11 is 0. The van der Waals surface area contributed by atoms with Gasteiger partial charge in [0.25, 0.3) is 0 Å². The Hall–Kier alpha value is -1.82. The minimum Gasteiger partial charge on any atom is -0.0984 e. The van der Waals surface area contributed by atoms with Gasteiger partial charge in [0, 0.05) is 0 Å². The molecule has 1 aliphatic rings. The largest absolute Gasteiger partial charge is 0.0984 e. The molecule has 0 aliphatic heterocycles. The van der Waals surface area contributed by atoms with Gasteiger partial charge >= 0.3 is 0 Å². The van der Waals surface area contributed by atoms with Crippen molar-refractivity contribution in [1.82, 2.24) is 0 Å². The van der Waals surface area contributed by atoms with E-state index >= 15 is 0 Å². The molecule has 0 fully saturated rings. The van der Waals surface area contributed by atoms with E-state index in [0.29, 0.717) is 0 Å². The van der Waals surface area contributed by atoms with E-state index in [1.54, 1.807) is 0 Å². The Balaban J connectivity index is 2.28. The molecule has 0 bridgehead atoms. The Morgan fingerprint density at radius 2 is 1.82 bits per heavy atom. The maximum absolute atomic E-state index is 3.95. The first-order valence-corrected chi connectivity index (χ1v) is 6.05. The molecule has 84 valence electrons. The van der Waals surface area contributed by atoms with Gasteiger partial charge in [-0.3, -0.25) is 0 Å². The summed E-state index contributed by atoms with van der Waals surface area (Å²) in [7, 11) is 0. The third-order valence-electron chi connectivity index (χ3n) is 3.70. The number of rotatable bonds is 1. The lowest BCUT2D eigenvalue weighted by Crippen LogP contribution is -1.89. The molecule has 0 spiro atoms. The summed E-state index contributed by atoms with van der Waals surface area (Å²) in [4.78, 5) is 0. The minimum absolute atomic E-state index is 1.05. The summed E-state index contributed by atoms with van der Waals surface area (Å²) in [5, 5.41) is 0. The Kier molecular flexibility index (Phi) is 2.19. The number of aryl methyl sites for hydroxylation is 2. The van der Waals surface area contributed by atoms with Crippen LogP contribution in [-0.4, -0.2) is 0 Å². The van der Waals surface area contributed by atoms with Gasteiger partial charge in [-0.05, 0) is 53.6 Å². The first kappa shape index (κ1) is 10.3. The van der Waals surface area contributed by atoms with E-state index in [1.807, 2.05) is 6.08 Å². The Morgan fingerprint density at radius 1 is 1.06 bits per heavy atom. The molecule has 2 aromatic carbocycles. The van der Waals surface area contributed by atoms with E-state index in [0.717, 1.165) is 6.42 Å². The smallest absolute Gasteiger partial charge is 0.000731 e. The van der Waals surface area contributed by atoms with Crippen molar-refractivity contribution in [2.45, 2.75) is 20.3 Å². The van der Waals surface area contributed by atoms with Crippen LogP contribution in [0.15, 0.2) is 36.9 Å². The second-order valence-corrected chi connectivity index (χ2v) is 4.86. The zero-order valence-electron chi connectivity index (χ0n) is 10.4. The van der Waals surface area contributed by atoms with Crippen LogP contribution in [0.4, 0.5) is 0 Å². The van der Waals surface area contributed by atoms with Crippen molar-refractivity contribution in [3.8, 4) is 11.1 Å². The highest BCUT2D eigenvalue weighted by atomic mass is 14.2. The highest BCUT2D eigenvalue weighted by molar-refractivity contribution is 5.81. The first-order chi connectivity index (χ1) is 8.20. The summed E-state index contributed by atoms with van der Waals surface area (Å²) in [5.74, 6) is 0. The van der Waals surface area contributed by atoms with Gasteiger partial charge in [0.15, 0.2) is 0 Å². The first-order valence-electron chi connectivity index (χ1n) is 6.05. The molecule has 0 saturated heterocycles. The average molecular weight is 220 g/mol. The summed E-state index contributed by atoms with van der Waals surface area (Å²) in [6.45, 7) is 8.26. The molecule has 0 heterocycles. The molecule has 2 aromatic rings. The molecule has 0 unspecified atom stereocenters. The van der Waals surface area contributed by atoms with Gasteiger partial charge in [-0.25, -0.2) is 0 Å². The summed E-state index contributed by atoms with van der Waals surface area (Å²) in [6, 6.07) is 11.2. The lowest BCUT2D eigenvalue weighted by atomic mass is 9.97. The molecule has 0 saturated carbocycles. The number of fused-ring (bicyclic) bond motifs is 3. The van der Waals surface area contributed by atoms with Crippen LogP contribution in [0, 0.1) is 13.8 Å². The Labute approximate surface area is 103 Å². The minimum atomic E-state index is 1.05. The quantitative estimate of drug-likeness (QED) is 0.565. The standard InChI is InChI=1S/C17H16/c1-4-14-12(3)6-8-16-15-7-5-11(2)9-13(15)10-17(14)16/h4-9H,1,10H2,2-3H3. The molecule has 0 N–H and O–H groups in total. The van der Waals surface area contributed by atoms with Crippen molar-refractivity contribution >= 4 is 6.08 Å². The fourth-order valence-electron chi connectivity index (χ4n) is 2.83. The molecule has 0 atom stereocenters. The van der Waals surface area contributed by atoms with Gasteiger partial charge in [0.2, 0.25) is 0 Å². The fraction of sp³-hybridized carbons (Fsp3) is 0.176. The topological polar surface area (TPSA) is 0 Å². The van der Waals surface area contributed by atoms with Crippen LogP contribution in [-0.2, 0) is 6.42 Å². The number of hydrogen-bond donors (Lipinski definition) is 0. The van der Waals surface area contributed by atoms with Crippen molar-refractivity contribution in [3.63, 3.8) is 0 Å². The summed E-state index contributed by atoms with van der Waals surface area (Å²) in [5.41, 5.74) is 9.66. The molecule has 0 amide bonds. The van der Waals surface area contributed by atoms with Crippen molar-refractivity contribution in [3.05, 3.63) is 64.7 Å². The SMILES string of the molecule is C=Cc1c(C)ccc2c1Cc1cc(C)ccc1-2. The molecule has 0 nitrogen and oxygen atoms in total. The van der Waals surface area contributed by atoms with E-state index in [9.17, 15) is 0 Å². The molecular weight excluding hydrogens is 204 g/mol. The van der Waals surface area contributed by atoms with Gasteiger partial charge in [-0.2, -0.15) is 0 Å². The second-order valence-electron chi connectivity index (χ2n) is 4.86. The van der Waals surface area contributed by atoms with Crippen molar-refractivity contribution in [2.24, 2.45) is 0 Å². The summed E-state index contributed by atoms with van der Waals surface area (Å²) in [6.07, 6.45) is 3.04. The van der Waals surface area contributed by atoms with Crippen LogP contribution in [0.2, 0.25) is 0 Å². The molecule has 17 heavy (non-hydrogen) atoms. The number of hydrogen-bond acceptors (Lipinski definition) is 0. The Bertz CT molecular complexity index is 618. The Morgan fingerprint density at radius 3 is 2.59 bits per heavy atom. The third kappa shape index (κ3) is 1.44. The van der Waals surface area contributed by atoms with Gasteiger partial charge in [0.1, 0.15) is 0 Å². The predicted octanol–water partition coefficient (Wildman–Crippen LogP) is 4.52. The van der Waals surface area contributed by atoms with Crippen molar-refractivity contribution in [2.75, 3.05) is 0 Å². The van der Waals surface area contributed by atoms with Crippen LogP contribution < -0.4 is 0 Å². The molecule has 0 heteroatoms. The van der Waals surface area contributed by atoms with Crippen LogP contribution in [0.3, 0.4) is 0 Å².